The van der Waals surface area contributed by atoms with E-state index in [1.165, 1.54) is 12.1 Å². The normalized spacial score (nSPS) is 13.6. The van der Waals surface area contributed by atoms with Crippen molar-refractivity contribution in [3.8, 4) is 0 Å². The van der Waals surface area contributed by atoms with Crippen LogP contribution in [0.25, 0.3) is 0 Å². The number of benzene rings is 1. The van der Waals surface area contributed by atoms with Gasteiger partial charge in [0.1, 0.15) is 0 Å². The molecule has 2 rings (SSSR count). The van der Waals surface area contributed by atoms with Gasteiger partial charge in [0.05, 0.1) is 17.2 Å². The number of carbonyl (C=O) groups is 1. The first-order valence-corrected chi connectivity index (χ1v) is 7.76. The van der Waals surface area contributed by atoms with E-state index in [-0.39, 0.29) is 25.4 Å². The summed E-state index contributed by atoms with van der Waals surface area (Å²) in [6, 6.07) is 4.73. The summed E-state index contributed by atoms with van der Waals surface area (Å²) in [6.07, 6.45) is -1.08. The summed E-state index contributed by atoms with van der Waals surface area (Å²) in [4.78, 5) is 25.6. The average Bonchev–Trinajstić information content (AvgIpc) is 2.50. The summed E-state index contributed by atoms with van der Waals surface area (Å²) in [7, 11) is 0. The number of hydrogen-bond donors (Lipinski definition) is 2. The number of nitro benzene ring substituents is 1. The van der Waals surface area contributed by atoms with Gasteiger partial charge in [-0.1, -0.05) is 0 Å². The number of amides is 1. The number of rotatable bonds is 6. The van der Waals surface area contributed by atoms with E-state index in [4.69, 9.17) is 10.2 Å². The van der Waals surface area contributed by atoms with Crippen LogP contribution in [0.5, 0.6) is 0 Å². The van der Waals surface area contributed by atoms with E-state index in [0.29, 0.717) is 13.1 Å². The molecule has 1 aromatic rings. The predicted molar refractivity (Wildman–Crippen MR) is 82.7 cm³/mol. The Kier molecular flexibility index (Phi) is 5.45. The fourth-order valence-electron chi connectivity index (χ4n) is 2.27. The van der Waals surface area contributed by atoms with E-state index in [9.17, 15) is 14.9 Å². The maximum absolute atomic E-state index is 11.1. The molecule has 0 saturated heterocycles. The Bertz CT molecular complexity index is 569. The smallest absolute Gasteiger partial charge is 0.407 e. The highest BCUT2D eigenvalue weighted by atomic mass is 32.2. The standard InChI is InChI=1S/C13H17N3O5S/c17-7-5-15(13(18)19)4-3-14-6-8-22-12-2-1-10(16(20)21)9-11(12)14/h1-2,9,17H,3-8H2,(H,18,19). The number of nitrogens with zero attached hydrogens (tertiary/aromatic N) is 3. The summed E-state index contributed by atoms with van der Waals surface area (Å²) in [5, 5.41) is 28.8. The zero-order valence-corrected chi connectivity index (χ0v) is 12.7. The highest BCUT2D eigenvalue weighted by molar-refractivity contribution is 7.99. The van der Waals surface area contributed by atoms with Crippen LogP contribution in [0.1, 0.15) is 0 Å². The summed E-state index contributed by atoms with van der Waals surface area (Å²) >= 11 is 1.63. The maximum atomic E-state index is 11.1. The Morgan fingerprint density at radius 2 is 2.23 bits per heavy atom. The summed E-state index contributed by atoms with van der Waals surface area (Å²) in [5.74, 6) is 0.845. The molecule has 0 atom stereocenters. The molecule has 0 aromatic heterocycles. The molecule has 1 heterocycles. The van der Waals surface area contributed by atoms with E-state index in [1.807, 2.05) is 4.90 Å². The first-order chi connectivity index (χ1) is 10.5. The lowest BCUT2D eigenvalue weighted by atomic mass is 10.2. The monoisotopic (exact) mass is 327 g/mol. The number of aliphatic hydroxyl groups excluding tert-OH is 1. The molecule has 0 fully saturated rings. The fourth-order valence-corrected chi connectivity index (χ4v) is 3.30. The van der Waals surface area contributed by atoms with Gasteiger partial charge in [-0.25, -0.2) is 4.79 Å². The van der Waals surface area contributed by atoms with E-state index >= 15 is 0 Å². The first kappa shape index (κ1) is 16.4. The topological polar surface area (TPSA) is 107 Å². The number of non-ortho nitro benzene ring substituents is 1. The van der Waals surface area contributed by atoms with Crippen LogP contribution in [0.4, 0.5) is 16.2 Å². The van der Waals surface area contributed by atoms with Crippen molar-refractivity contribution in [2.24, 2.45) is 0 Å². The van der Waals surface area contributed by atoms with Gasteiger partial charge in [0, 0.05) is 49.0 Å². The number of thioether (sulfide) groups is 1. The molecule has 0 radical (unpaired) electrons. The zero-order valence-electron chi connectivity index (χ0n) is 11.8. The lowest BCUT2D eigenvalue weighted by Crippen LogP contribution is -2.41. The van der Waals surface area contributed by atoms with Crippen molar-refractivity contribution in [2.75, 3.05) is 43.4 Å². The van der Waals surface area contributed by atoms with Crippen molar-refractivity contribution in [1.29, 1.82) is 0 Å². The second-order valence-electron chi connectivity index (χ2n) is 4.74. The van der Waals surface area contributed by atoms with E-state index in [0.717, 1.165) is 21.2 Å². The van der Waals surface area contributed by atoms with Crippen molar-refractivity contribution in [1.82, 2.24) is 4.90 Å². The van der Waals surface area contributed by atoms with Gasteiger partial charge >= 0.3 is 6.09 Å². The Labute approximate surface area is 131 Å². The van der Waals surface area contributed by atoms with Crippen LogP contribution in [0, 0.1) is 10.1 Å². The molecule has 0 unspecified atom stereocenters. The first-order valence-electron chi connectivity index (χ1n) is 6.78. The third-order valence-corrected chi connectivity index (χ3v) is 4.44. The van der Waals surface area contributed by atoms with Crippen LogP contribution >= 0.6 is 11.8 Å². The van der Waals surface area contributed by atoms with Crippen LogP contribution < -0.4 is 4.90 Å². The third kappa shape index (κ3) is 3.80. The van der Waals surface area contributed by atoms with E-state index < -0.39 is 11.0 Å². The van der Waals surface area contributed by atoms with Gasteiger partial charge in [0.2, 0.25) is 0 Å². The molecule has 1 aliphatic rings. The van der Waals surface area contributed by atoms with E-state index in [1.54, 1.807) is 17.8 Å². The van der Waals surface area contributed by atoms with Crippen molar-refractivity contribution < 1.29 is 19.9 Å². The van der Waals surface area contributed by atoms with Gasteiger partial charge in [-0.2, -0.15) is 0 Å². The van der Waals surface area contributed by atoms with Gasteiger partial charge in [-0.3, -0.25) is 10.1 Å². The Hall–Kier alpha value is -2.00. The molecule has 8 nitrogen and oxygen atoms in total. The number of aliphatic hydroxyl groups is 1. The fraction of sp³-hybridized carbons (Fsp3) is 0.462. The summed E-state index contributed by atoms with van der Waals surface area (Å²) in [6.45, 7) is 1.19. The van der Waals surface area contributed by atoms with Crippen LogP contribution in [-0.4, -0.2) is 64.7 Å². The van der Waals surface area contributed by atoms with Crippen LogP contribution in [-0.2, 0) is 0 Å². The molecule has 22 heavy (non-hydrogen) atoms. The Morgan fingerprint density at radius 3 is 2.86 bits per heavy atom. The molecule has 1 aromatic carbocycles. The van der Waals surface area contributed by atoms with Gasteiger partial charge in [-0.05, 0) is 6.07 Å². The molecular formula is C13H17N3O5S. The van der Waals surface area contributed by atoms with Gasteiger partial charge in [0.25, 0.3) is 5.69 Å². The number of carboxylic acid groups (broad SMARTS) is 1. The van der Waals surface area contributed by atoms with Gasteiger partial charge in [0.15, 0.2) is 0 Å². The minimum atomic E-state index is -1.08. The van der Waals surface area contributed by atoms with Crippen molar-refractivity contribution in [3.63, 3.8) is 0 Å². The van der Waals surface area contributed by atoms with Crippen molar-refractivity contribution in [3.05, 3.63) is 28.3 Å². The maximum Gasteiger partial charge on any atom is 0.407 e. The van der Waals surface area contributed by atoms with Gasteiger partial charge in [-0.15, -0.1) is 11.8 Å². The molecule has 120 valence electrons. The zero-order chi connectivity index (χ0) is 16.1. The van der Waals surface area contributed by atoms with Gasteiger partial charge < -0.3 is 20.0 Å². The number of anilines is 1. The molecule has 0 spiro atoms. The average molecular weight is 327 g/mol. The highest BCUT2D eigenvalue weighted by Gasteiger charge is 2.21. The number of fused-ring (bicyclic) bond motifs is 1. The second kappa shape index (κ2) is 7.32. The van der Waals surface area contributed by atoms with Crippen molar-refractivity contribution in [2.45, 2.75) is 4.90 Å². The molecule has 0 bridgehead atoms. The van der Waals surface area contributed by atoms with Crippen LogP contribution in [0.2, 0.25) is 0 Å². The molecule has 0 saturated carbocycles. The third-order valence-electron chi connectivity index (χ3n) is 3.39. The number of hydrogen-bond acceptors (Lipinski definition) is 6. The Morgan fingerprint density at radius 1 is 1.45 bits per heavy atom. The summed E-state index contributed by atoms with van der Waals surface area (Å²) in [5.41, 5.74) is 0.788. The molecular weight excluding hydrogens is 310 g/mol. The largest absolute Gasteiger partial charge is 0.465 e. The number of nitro groups is 1. The lowest BCUT2D eigenvalue weighted by Gasteiger charge is -2.32. The van der Waals surface area contributed by atoms with Crippen LogP contribution in [0.3, 0.4) is 0 Å². The van der Waals surface area contributed by atoms with E-state index in [2.05, 4.69) is 0 Å². The molecule has 2 N–H and O–H groups in total. The quantitative estimate of drug-likeness (QED) is 0.602. The Balaban J connectivity index is 2.12. The molecule has 1 aliphatic heterocycles. The SMILES string of the molecule is O=C(O)N(CCO)CCN1CCSc2ccc([N+](=O)[O-])cc21. The lowest BCUT2D eigenvalue weighted by molar-refractivity contribution is -0.384. The highest BCUT2D eigenvalue weighted by Crippen LogP contribution is 2.36. The van der Waals surface area contributed by atoms with Crippen molar-refractivity contribution >= 4 is 29.2 Å². The minimum Gasteiger partial charge on any atom is -0.465 e. The minimum absolute atomic E-state index is 0.0247. The molecule has 9 heteroatoms. The predicted octanol–water partition coefficient (Wildman–Crippen LogP) is 1.48. The second-order valence-corrected chi connectivity index (χ2v) is 5.87. The molecule has 1 amide bonds. The summed E-state index contributed by atoms with van der Waals surface area (Å²) < 4.78 is 0. The molecule has 0 aliphatic carbocycles. The van der Waals surface area contributed by atoms with Crippen LogP contribution in [0.15, 0.2) is 23.1 Å².